The summed E-state index contributed by atoms with van der Waals surface area (Å²) in [5.74, 6) is -0.0162. The number of halogens is 1. The molecule has 28 heavy (non-hydrogen) atoms. The lowest BCUT2D eigenvalue weighted by Gasteiger charge is -2.44. The lowest BCUT2D eigenvalue weighted by Crippen LogP contribution is -2.56. The van der Waals surface area contributed by atoms with Crippen LogP contribution < -0.4 is 5.32 Å². The number of aryl methyl sites for hydroxylation is 2. The summed E-state index contributed by atoms with van der Waals surface area (Å²) in [7, 11) is 0. The van der Waals surface area contributed by atoms with Gasteiger partial charge >= 0.3 is 6.03 Å². The number of carbonyl (C=O) groups excluding carboxylic acids is 2. The van der Waals surface area contributed by atoms with Gasteiger partial charge in [-0.05, 0) is 54.2 Å². The second-order valence-electron chi connectivity index (χ2n) is 7.47. The maximum Gasteiger partial charge on any atom is 0.322 e. The fraction of sp³-hybridized carbons (Fsp3) is 0.364. The number of rotatable bonds is 2. The van der Waals surface area contributed by atoms with Gasteiger partial charge in [-0.15, -0.1) is 0 Å². The molecule has 0 spiro atoms. The van der Waals surface area contributed by atoms with E-state index in [-0.39, 0.29) is 24.5 Å². The van der Waals surface area contributed by atoms with Crippen LogP contribution in [0.4, 0.5) is 10.5 Å². The van der Waals surface area contributed by atoms with Gasteiger partial charge in [-0.1, -0.05) is 42.8 Å². The summed E-state index contributed by atoms with van der Waals surface area (Å²) in [5.41, 5.74) is 5.21. The van der Waals surface area contributed by atoms with Crippen LogP contribution in [-0.4, -0.2) is 41.4 Å². The number of hydrogen-bond acceptors (Lipinski definition) is 2. The Morgan fingerprint density at radius 1 is 1.29 bits per heavy atom. The number of nitrogens with zero attached hydrogens (tertiary/aromatic N) is 2. The second-order valence-corrected chi connectivity index (χ2v) is 7.91. The normalized spacial score (nSPS) is 18.5. The molecule has 2 aromatic carbocycles. The van der Waals surface area contributed by atoms with E-state index >= 15 is 0 Å². The molecule has 0 bridgehead atoms. The molecule has 1 saturated heterocycles. The van der Waals surface area contributed by atoms with Crippen LogP contribution in [0.5, 0.6) is 0 Å². The number of piperazine rings is 1. The van der Waals surface area contributed by atoms with E-state index in [1.165, 1.54) is 5.56 Å². The molecule has 1 fully saturated rings. The van der Waals surface area contributed by atoms with Crippen molar-refractivity contribution in [2.24, 2.45) is 0 Å². The van der Waals surface area contributed by atoms with Crippen LogP contribution in [0, 0.1) is 6.92 Å². The molecular weight excluding hydrogens is 374 g/mol. The zero-order chi connectivity index (χ0) is 19.8. The predicted octanol–water partition coefficient (Wildman–Crippen LogP) is 4.18. The van der Waals surface area contributed by atoms with E-state index in [0.29, 0.717) is 18.1 Å². The fourth-order valence-electron chi connectivity index (χ4n) is 4.23. The third-order valence-electron chi connectivity index (χ3n) is 5.76. The lowest BCUT2D eigenvalue weighted by molar-refractivity contribution is -0.139. The average Bonchev–Trinajstić information content (AvgIpc) is 2.69. The third-order valence-corrected chi connectivity index (χ3v) is 6.00. The van der Waals surface area contributed by atoms with Gasteiger partial charge in [-0.25, -0.2) is 4.79 Å². The van der Waals surface area contributed by atoms with Gasteiger partial charge < -0.3 is 15.1 Å². The highest BCUT2D eigenvalue weighted by atomic mass is 35.5. The van der Waals surface area contributed by atoms with Gasteiger partial charge in [0.1, 0.15) is 6.54 Å². The Morgan fingerprint density at radius 3 is 2.89 bits per heavy atom. The molecule has 1 unspecified atom stereocenters. The molecule has 6 heteroatoms. The largest absolute Gasteiger partial charge is 0.332 e. The summed E-state index contributed by atoms with van der Waals surface area (Å²) in [6, 6.07) is 11.5. The smallest absolute Gasteiger partial charge is 0.322 e. The molecule has 0 saturated carbocycles. The van der Waals surface area contributed by atoms with Crippen LogP contribution in [0.1, 0.15) is 35.2 Å². The van der Waals surface area contributed by atoms with Gasteiger partial charge in [0.15, 0.2) is 0 Å². The number of carbonyl (C=O) groups is 2. The van der Waals surface area contributed by atoms with Crippen LogP contribution in [0.25, 0.3) is 0 Å². The highest BCUT2D eigenvalue weighted by Crippen LogP contribution is 2.35. The van der Waals surface area contributed by atoms with Gasteiger partial charge in [0, 0.05) is 23.8 Å². The highest BCUT2D eigenvalue weighted by molar-refractivity contribution is 6.30. The van der Waals surface area contributed by atoms with Gasteiger partial charge in [0.05, 0.1) is 6.04 Å². The van der Waals surface area contributed by atoms with Crippen molar-refractivity contribution in [3.05, 3.63) is 63.7 Å². The zero-order valence-electron chi connectivity index (χ0n) is 16.2. The highest BCUT2D eigenvalue weighted by Gasteiger charge is 2.38. The molecule has 2 heterocycles. The van der Waals surface area contributed by atoms with Crippen molar-refractivity contribution in [1.29, 1.82) is 0 Å². The van der Waals surface area contributed by atoms with E-state index < -0.39 is 0 Å². The minimum absolute atomic E-state index is 0.0162. The number of hydrogen-bond donors (Lipinski definition) is 1. The lowest BCUT2D eigenvalue weighted by atomic mass is 9.91. The van der Waals surface area contributed by atoms with Crippen LogP contribution in [0.15, 0.2) is 36.4 Å². The standard InChI is InChI=1S/C22H24ClN3O2/c1-3-15-6-4-5-14(2)21(15)24-22(28)25-12-19-18-11-17(23)8-7-16(18)9-10-26(19)20(27)13-25/h4-8,11,19H,3,9-10,12-13H2,1-2H3,(H,24,28). The summed E-state index contributed by atoms with van der Waals surface area (Å²) >= 11 is 6.20. The van der Waals surface area contributed by atoms with Gasteiger partial charge in [0.2, 0.25) is 5.91 Å². The van der Waals surface area contributed by atoms with Crippen molar-refractivity contribution < 1.29 is 9.59 Å². The number of urea groups is 1. The molecule has 5 nitrogen and oxygen atoms in total. The predicted molar refractivity (Wildman–Crippen MR) is 111 cm³/mol. The Bertz CT molecular complexity index is 943. The van der Waals surface area contributed by atoms with E-state index in [1.807, 2.05) is 48.2 Å². The van der Waals surface area contributed by atoms with Crippen molar-refractivity contribution in [2.45, 2.75) is 32.7 Å². The monoisotopic (exact) mass is 397 g/mol. The molecule has 4 rings (SSSR count). The van der Waals surface area contributed by atoms with E-state index in [2.05, 4.69) is 12.2 Å². The molecule has 2 aliphatic rings. The van der Waals surface area contributed by atoms with E-state index in [1.54, 1.807) is 4.90 Å². The maximum atomic E-state index is 13.0. The second kappa shape index (κ2) is 7.47. The van der Waals surface area contributed by atoms with Crippen LogP contribution in [0.2, 0.25) is 5.02 Å². The summed E-state index contributed by atoms with van der Waals surface area (Å²) in [6.07, 6.45) is 1.66. The van der Waals surface area contributed by atoms with Gasteiger partial charge in [0.25, 0.3) is 0 Å². The van der Waals surface area contributed by atoms with Crippen molar-refractivity contribution in [3.63, 3.8) is 0 Å². The minimum atomic E-state index is -0.230. The number of nitrogens with one attached hydrogen (secondary N) is 1. The zero-order valence-corrected chi connectivity index (χ0v) is 16.9. The number of amides is 3. The minimum Gasteiger partial charge on any atom is -0.332 e. The first-order chi connectivity index (χ1) is 13.5. The van der Waals surface area contributed by atoms with Crippen molar-refractivity contribution in [1.82, 2.24) is 9.80 Å². The SMILES string of the molecule is CCc1cccc(C)c1NC(=O)N1CC(=O)N2CCc3ccc(Cl)cc3C2C1. The van der Waals surface area contributed by atoms with Crippen LogP contribution in [-0.2, 0) is 17.6 Å². The third kappa shape index (κ3) is 3.35. The van der Waals surface area contributed by atoms with Crippen LogP contribution >= 0.6 is 11.6 Å². The average molecular weight is 398 g/mol. The molecule has 0 aromatic heterocycles. The Labute approximate surface area is 170 Å². The molecule has 2 aliphatic heterocycles. The van der Waals surface area contributed by atoms with Gasteiger partial charge in [-0.3, -0.25) is 4.79 Å². The maximum absolute atomic E-state index is 13.0. The quantitative estimate of drug-likeness (QED) is 0.826. The molecule has 1 N–H and O–H groups in total. The van der Waals surface area contributed by atoms with Crippen molar-refractivity contribution in [3.8, 4) is 0 Å². The van der Waals surface area contributed by atoms with E-state index in [4.69, 9.17) is 11.6 Å². The Kier molecular flexibility index (Phi) is 5.02. The Balaban J connectivity index is 1.59. The van der Waals surface area contributed by atoms with E-state index in [9.17, 15) is 9.59 Å². The topological polar surface area (TPSA) is 52.7 Å². The Hall–Kier alpha value is -2.53. The Morgan fingerprint density at radius 2 is 2.11 bits per heavy atom. The molecule has 146 valence electrons. The molecule has 0 radical (unpaired) electrons. The van der Waals surface area contributed by atoms with Crippen molar-refractivity contribution in [2.75, 3.05) is 25.0 Å². The molecule has 3 amide bonds. The molecular formula is C22H24ClN3O2. The summed E-state index contributed by atoms with van der Waals surface area (Å²) < 4.78 is 0. The number of fused-ring (bicyclic) bond motifs is 3. The summed E-state index contributed by atoms with van der Waals surface area (Å²) in [5, 5.41) is 3.70. The summed E-state index contributed by atoms with van der Waals surface area (Å²) in [4.78, 5) is 29.3. The molecule has 2 aromatic rings. The van der Waals surface area contributed by atoms with E-state index in [0.717, 1.165) is 35.2 Å². The summed E-state index contributed by atoms with van der Waals surface area (Å²) in [6.45, 7) is 5.31. The first kappa shape index (κ1) is 18.8. The molecule has 0 aliphatic carbocycles. The first-order valence-electron chi connectivity index (χ1n) is 9.70. The first-order valence-corrected chi connectivity index (χ1v) is 10.1. The van der Waals surface area contributed by atoms with Crippen molar-refractivity contribution >= 4 is 29.2 Å². The molecule has 1 atom stereocenters. The number of benzene rings is 2. The fourth-order valence-corrected chi connectivity index (χ4v) is 4.41. The van der Waals surface area contributed by atoms with Gasteiger partial charge in [-0.2, -0.15) is 0 Å². The van der Waals surface area contributed by atoms with Crippen LogP contribution in [0.3, 0.4) is 0 Å². The number of anilines is 1. The number of para-hydroxylation sites is 1.